The van der Waals surface area contributed by atoms with Crippen molar-refractivity contribution in [3.8, 4) is 0 Å². The first-order valence-electron chi connectivity index (χ1n) is 4.94. The van der Waals surface area contributed by atoms with Gasteiger partial charge in [0, 0.05) is 20.2 Å². The molecule has 5 heteroatoms. The molecule has 0 aliphatic heterocycles. The van der Waals surface area contributed by atoms with Crippen LogP contribution in [0, 0.1) is 0 Å². The number of hydrogen-bond acceptors (Lipinski definition) is 5. The summed E-state index contributed by atoms with van der Waals surface area (Å²) in [4.78, 5) is 2.03. The number of aromatic nitrogens is 2. The quantitative estimate of drug-likeness (QED) is 0.546. The van der Waals surface area contributed by atoms with E-state index in [1.54, 1.807) is 11.8 Å². The molecule has 15 heavy (non-hydrogen) atoms. The molecule has 1 aromatic heterocycles. The number of anilines is 1. The third-order valence-electron chi connectivity index (χ3n) is 2.00. The topological polar surface area (TPSA) is 38.2 Å². The Morgan fingerprint density at radius 2 is 2.20 bits per heavy atom. The predicted molar refractivity (Wildman–Crippen MR) is 63.6 cm³/mol. The molecule has 0 N–H and O–H groups in total. The molecular weight excluding hydrogens is 210 g/mol. The van der Waals surface area contributed by atoms with Crippen LogP contribution < -0.4 is 4.90 Å². The second kappa shape index (κ2) is 6.63. The molecule has 1 heterocycles. The van der Waals surface area contributed by atoms with Gasteiger partial charge in [-0.3, -0.25) is 0 Å². The van der Waals surface area contributed by atoms with Crippen LogP contribution in [0.1, 0.15) is 6.92 Å². The van der Waals surface area contributed by atoms with Gasteiger partial charge in [-0.2, -0.15) is 0 Å². The summed E-state index contributed by atoms with van der Waals surface area (Å²) in [5, 5.41) is 9.15. The molecule has 0 bridgehead atoms. The number of hydrogen-bond donors (Lipinski definition) is 0. The van der Waals surface area contributed by atoms with Crippen molar-refractivity contribution in [2.45, 2.75) is 11.9 Å². The van der Waals surface area contributed by atoms with Crippen LogP contribution in [0.4, 0.5) is 5.82 Å². The van der Waals surface area contributed by atoms with E-state index in [0.29, 0.717) is 0 Å². The zero-order chi connectivity index (χ0) is 11.1. The second-order valence-electron chi connectivity index (χ2n) is 3.05. The highest BCUT2D eigenvalue weighted by Crippen LogP contribution is 2.13. The molecule has 0 aromatic carbocycles. The van der Waals surface area contributed by atoms with E-state index in [2.05, 4.69) is 10.2 Å². The minimum Gasteiger partial charge on any atom is -0.380 e. The lowest BCUT2D eigenvalue weighted by Gasteiger charge is -2.16. The second-order valence-corrected chi connectivity index (χ2v) is 3.88. The van der Waals surface area contributed by atoms with Gasteiger partial charge in [-0.25, -0.2) is 0 Å². The molecule has 4 nitrogen and oxygen atoms in total. The molecule has 0 atom stereocenters. The molecule has 0 unspecified atom stereocenters. The van der Waals surface area contributed by atoms with Crippen LogP contribution in [0.3, 0.4) is 0 Å². The average molecular weight is 227 g/mol. The van der Waals surface area contributed by atoms with Crippen molar-refractivity contribution in [3.63, 3.8) is 0 Å². The van der Waals surface area contributed by atoms with E-state index < -0.39 is 0 Å². The van der Waals surface area contributed by atoms with Crippen LogP contribution in [0.25, 0.3) is 0 Å². The first-order chi connectivity index (χ1) is 7.27. The van der Waals surface area contributed by atoms with E-state index in [4.69, 9.17) is 4.74 Å². The molecule has 0 fully saturated rings. The summed E-state index contributed by atoms with van der Waals surface area (Å²) in [5.41, 5.74) is 0. The minimum atomic E-state index is 0.721. The van der Waals surface area contributed by atoms with Crippen LogP contribution in [0.5, 0.6) is 0 Å². The highest BCUT2D eigenvalue weighted by molar-refractivity contribution is 7.98. The van der Waals surface area contributed by atoms with Gasteiger partial charge in [0.25, 0.3) is 0 Å². The van der Waals surface area contributed by atoms with Crippen molar-refractivity contribution in [1.29, 1.82) is 0 Å². The Balaban J connectivity index is 2.46. The largest absolute Gasteiger partial charge is 0.380 e. The van der Waals surface area contributed by atoms with E-state index in [9.17, 15) is 0 Å². The van der Waals surface area contributed by atoms with E-state index in [1.165, 1.54) is 0 Å². The molecule has 0 aliphatic carbocycles. The minimum absolute atomic E-state index is 0.721. The fourth-order valence-corrected chi connectivity index (χ4v) is 1.41. The molecule has 1 rings (SSSR count). The van der Waals surface area contributed by atoms with Crippen LogP contribution >= 0.6 is 11.8 Å². The predicted octanol–water partition coefficient (Wildman–Crippen LogP) is 1.67. The molecule has 0 amide bonds. The van der Waals surface area contributed by atoms with Crippen molar-refractivity contribution in [1.82, 2.24) is 10.2 Å². The summed E-state index contributed by atoms with van der Waals surface area (Å²) in [6.07, 6.45) is 1.99. The molecular formula is C10H17N3OS. The van der Waals surface area contributed by atoms with Gasteiger partial charge in [-0.15, -0.1) is 22.0 Å². The average Bonchev–Trinajstić information content (AvgIpc) is 2.29. The maximum Gasteiger partial charge on any atom is 0.151 e. The summed E-state index contributed by atoms with van der Waals surface area (Å²) in [6, 6.07) is 3.95. The highest BCUT2D eigenvalue weighted by Gasteiger charge is 2.02. The SMILES string of the molecule is CCOCCN(C)c1ccc(SC)nn1. The Labute approximate surface area is 95.0 Å². The normalized spacial score (nSPS) is 10.3. The Morgan fingerprint density at radius 1 is 1.40 bits per heavy atom. The lowest BCUT2D eigenvalue weighted by molar-refractivity contribution is 0.154. The van der Waals surface area contributed by atoms with Gasteiger partial charge in [0.2, 0.25) is 0 Å². The summed E-state index contributed by atoms with van der Waals surface area (Å²) in [7, 11) is 1.99. The van der Waals surface area contributed by atoms with Gasteiger partial charge in [-0.05, 0) is 25.3 Å². The summed E-state index contributed by atoms with van der Waals surface area (Å²) in [5.74, 6) is 0.882. The third kappa shape index (κ3) is 4.05. The van der Waals surface area contributed by atoms with Crippen LogP contribution in [-0.4, -0.2) is 43.3 Å². The fourth-order valence-electron chi connectivity index (χ4n) is 1.09. The molecule has 0 spiro atoms. The summed E-state index contributed by atoms with van der Waals surface area (Å²) >= 11 is 1.59. The molecule has 0 saturated carbocycles. The lowest BCUT2D eigenvalue weighted by Crippen LogP contribution is -2.23. The first kappa shape index (κ1) is 12.3. The molecule has 1 aromatic rings. The van der Waals surface area contributed by atoms with Gasteiger partial charge in [0.15, 0.2) is 5.82 Å². The molecule has 0 saturated heterocycles. The monoisotopic (exact) mass is 227 g/mol. The number of nitrogens with zero attached hydrogens (tertiary/aromatic N) is 3. The Hall–Kier alpha value is -0.810. The van der Waals surface area contributed by atoms with E-state index in [-0.39, 0.29) is 0 Å². The van der Waals surface area contributed by atoms with Crippen molar-refractivity contribution < 1.29 is 4.74 Å². The van der Waals surface area contributed by atoms with E-state index in [0.717, 1.165) is 30.6 Å². The van der Waals surface area contributed by atoms with E-state index >= 15 is 0 Å². The first-order valence-corrected chi connectivity index (χ1v) is 6.17. The van der Waals surface area contributed by atoms with Crippen LogP contribution in [0.2, 0.25) is 0 Å². The smallest absolute Gasteiger partial charge is 0.151 e. The molecule has 0 radical (unpaired) electrons. The van der Waals surface area contributed by atoms with Gasteiger partial charge in [-0.1, -0.05) is 0 Å². The highest BCUT2D eigenvalue weighted by atomic mass is 32.2. The lowest BCUT2D eigenvalue weighted by atomic mass is 10.5. The van der Waals surface area contributed by atoms with Gasteiger partial charge in [0.1, 0.15) is 5.03 Å². The Kier molecular flexibility index (Phi) is 5.42. The molecule has 0 aliphatic rings. The standard InChI is InChI=1S/C10H17N3OS/c1-4-14-8-7-13(2)9-5-6-10(15-3)12-11-9/h5-6H,4,7-8H2,1-3H3. The van der Waals surface area contributed by atoms with Crippen LogP contribution in [-0.2, 0) is 4.74 Å². The van der Waals surface area contributed by atoms with Gasteiger partial charge in [0.05, 0.1) is 6.61 Å². The Morgan fingerprint density at radius 3 is 2.73 bits per heavy atom. The van der Waals surface area contributed by atoms with Crippen molar-refractivity contribution in [2.75, 3.05) is 38.0 Å². The fraction of sp³-hybridized carbons (Fsp3) is 0.600. The van der Waals surface area contributed by atoms with Crippen molar-refractivity contribution in [2.24, 2.45) is 0 Å². The zero-order valence-electron chi connectivity index (χ0n) is 9.43. The molecule has 84 valence electrons. The summed E-state index contributed by atoms with van der Waals surface area (Å²) in [6.45, 7) is 4.30. The Bertz CT molecular complexity index is 279. The number of ether oxygens (including phenoxy) is 1. The zero-order valence-corrected chi connectivity index (χ0v) is 10.3. The maximum absolute atomic E-state index is 5.28. The number of rotatable bonds is 6. The third-order valence-corrected chi connectivity index (χ3v) is 2.64. The van der Waals surface area contributed by atoms with Gasteiger partial charge >= 0.3 is 0 Å². The van der Waals surface area contributed by atoms with Gasteiger partial charge < -0.3 is 9.64 Å². The summed E-state index contributed by atoms with van der Waals surface area (Å²) < 4.78 is 5.28. The van der Waals surface area contributed by atoms with E-state index in [1.807, 2.05) is 37.3 Å². The number of thioether (sulfide) groups is 1. The number of likely N-dealkylation sites (N-methyl/N-ethyl adjacent to an activating group) is 1. The van der Waals surface area contributed by atoms with Crippen molar-refractivity contribution in [3.05, 3.63) is 12.1 Å². The van der Waals surface area contributed by atoms with Crippen molar-refractivity contribution >= 4 is 17.6 Å². The maximum atomic E-state index is 5.28. The van der Waals surface area contributed by atoms with Crippen LogP contribution in [0.15, 0.2) is 17.2 Å².